The second kappa shape index (κ2) is 6.42. The van der Waals surface area contributed by atoms with Crippen LogP contribution in [0.1, 0.15) is 53.6 Å². The van der Waals surface area contributed by atoms with Crippen molar-refractivity contribution in [1.29, 1.82) is 0 Å². The average molecular weight is 490 g/mol. The highest BCUT2D eigenvalue weighted by atomic mass is 35.5. The lowest BCUT2D eigenvalue weighted by Gasteiger charge is -2.69. The van der Waals surface area contributed by atoms with Crippen LogP contribution in [0.2, 0.25) is 5.02 Å². The van der Waals surface area contributed by atoms with E-state index in [0.717, 1.165) is 35.5 Å². The Morgan fingerprint density at radius 3 is 2.50 bits per heavy atom. The van der Waals surface area contributed by atoms with Crippen molar-refractivity contribution >= 4 is 38.7 Å². The molecule has 0 unspecified atom stereocenters. The van der Waals surface area contributed by atoms with Crippen molar-refractivity contribution < 1.29 is 17.6 Å². The minimum atomic E-state index is -3.34. The number of benzene rings is 1. The van der Waals surface area contributed by atoms with Gasteiger partial charge in [-0.2, -0.15) is 0 Å². The van der Waals surface area contributed by atoms with Crippen molar-refractivity contribution in [3.8, 4) is 11.3 Å². The molecule has 10 heteroatoms. The van der Waals surface area contributed by atoms with E-state index in [1.165, 1.54) is 12.5 Å². The van der Waals surface area contributed by atoms with Crippen molar-refractivity contribution in [1.82, 2.24) is 15.3 Å². The van der Waals surface area contributed by atoms with Crippen LogP contribution in [-0.2, 0) is 20.0 Å². The number of sulfone groups is 1. The molecule has 4 saturated carbocycles. The SMILES string of the molecule is CS(=O)(=O)C1(c2ncc(C(=O)NC34CC(c5nc(-c6ccc(Cl)cc6)cs5)(C3)C4)o2)CC1. The third kappa shape index (κ3) is 2.90. The van der Waals surface area contributed by atoms with E-state index < -0.39 is 14.6 Å². The van der Waals surface area contributed by atoms with E-state index >= 15 is 0 Å². The molecule has 32 heavy (non-hydrogen) atoms. The number of carbonyl (C=O) groups excluding carboxylic acids is 1. The molecule has 0 saturated heterocycles. The standard InChI is InChI=1S/C22H20ClN3O4S2/c1-32(28,29)22(6-7-22)18-24-8-16(30-18)17(27)26-21-10-20(11-21,12-21)19-25-15(9-31-19)13-2-4-14(23)5-3-13/h2-5,8-9H,6-7,10-12H2,1H3,(H,26,27). The van der Waals surface area contributed by atoms with Crippen LogP contribution in [0.4, 0.5) is 0 Å². The Hall–Kier alpha value is -2.23. The Balaban J connectivity index is 1.12. The van der Waals surface area contributed by atoms with Crippen molar-refractivity contribution in [3.05, 3.63) is 57.5 Å². The molecule has 2 heterocycles. The van der Waals surface area contributed by atoms with Crippen molar-refractivity contribution in [3.63, 3.8) is 0 Å². The highest BCUT2D eigenvalue weighted by molar-refractivity contribution is 7.91. The smallest absolute Gasteiger partial charge is 0.289 e. The summed E-state index contributed by atoms with van der Waals surface area (Å²) in [6.07, 6.45) is 5.99. The fraction of sp³-hybridized carbons (Fsp3) is 0.409. The van der Waals surface area contributed by atoms with Crippen LogP contribution >= 0.6 is 22.9 Å². The highest BCUT2D eigenvalue weighted by Crippen LogP contribution is 2.68. The molecule has 0 atom stereocenters. The zero-order valence-electron chi connectivity index (χ0n) is 17.2. The quantitative estimate of drug-likeness (QED) is 0.559. The van der Waals surface area contributed by atoms with E-state index in [2.05, 4.69) is 15.7 Å². The van der Waals surface area contributed by atoms with Crippen LogP contribution in [-0.4, -0.2) is 36.1 Å². The Kier molecular flexibility index (Phi) is 4.09. The molecule has 7 nitrogen and oxygen atoms in total. The Morgan fingerprint density at radius 2 is 1.88 bits per heavy atom. The van der Waals surface area contributed by atoms with Gasteiger partial charge in [-0.1, -0.05) is 23.7 Å². The molecule has 4 aliphatic rings. The molecule has 166 valence electrons. The lowest BCUT2D eigenvalue weighted by atomic mass is 9.39. The number of hydrogen-bond donors (Lipinski definition) is 1. The molecule has 2 aromatic heterocycles. The molecule has 4 fully saturated rings. The summed E-state index contributed by atoms with van der Waals surface area (Å²) >= 11 is 7.63. The molecule has 1 aromatic carbocycles. The highest BCUT2D eigenvalue weighted by Gasteiger charge is 2.70. The van der Waals surface area contributed by atoms with Crippen LogP contribution in [0.3, 0.4) is 0 Å². The first kappa shape index (κ1) is 20.4. The van der Waals surface area contributed by atoms with Crippen LogP contribution < -0.4 is 5.32 Å². The molecule has 3 aromatic rings. The molecule has 4 aliphatic carbocycles. The number of thiazole rings is 1. The summed E-state index contributed by atoms with van der Waals surface area (Å²) in [6, 6.07) is 7.65. The van der Waals surface area contributed by atoms with Crippen molar-refractivity contribution in [2.24, 2.45) is 0 Å². The van der Waals surface area contributed by atoms with Gasteiger partial charge in [-0.25, -0.2) is 18.4 Å². The zero-order valence-corrected chi connectivity index (χ0v) is 19.6. The van der Waals surface area contributed by atoms with Gasteiger partial charge in [0.2, 0.25) is 11.7 Å². The number of oxazole rings is 1. The maximum atomic E-state index is 12.7. The lowest BCUT2D eigenvalue weighted by molar-refractivity contribution is -0.0812. The normalized spacial score (nSPS) is 27.3. The first-order valence-corrected chi connectivity index (χ1v) is 13.5. The van der Waals surface area contributed by atoms with Gasteiger partial charge in [0.15, 0.2) is 9.84 Å². The third-order valence-corrected chi connectivity index (χ3v) is 10.4. The van der Waals surface area contributed by atoms with Gasteiger partial charge >= 0.3 is 0 Å². The zero-order chi connectivity index (χ0) is 22.4. The second-order valence-corrected chi connectivity index (χ2v) is 13.0. The molecular formula is C22H20ClN3O4S2. The van der Waals surface area contributed by atoms with Gasteiger partial charge in [0.05, 0.1) is 16.9 Å². The molecule has 2 bridgehead atoms. The monoisotopic (exact) mass is 489 g/mol. The number of nitrogens with zero attached hydrogens (tertiary/aromatic N) is 2. The van der Waals surface area contributed by atoms with Crippen LogP contribution in [0, 0.1) is 0 Å². The lowest BCUT2D eigenvalue weighted by Crippen LogP contribution is -2.76. The van der Waals surface area contributed by atoms with Gasteiger partial charge in [-0.3, -0.25) is 4.79 Å². The van der Waals surface area contributed by atoms with Gasteiger partial charge in [0.1, 0.15) is 4.75 Å². The summed E-state index contributed by atoms with van der Waals surface area (Å²) in [5.74, 6) is -0.160. The fourth-order valence-electron chi connectivity index (χ4n) is 5.17. The summed E-state index contributed by atoms with van der Waals surface area (Å²) in [6.45, 7) is 0. The molecule has 1 N–H and O–H groups in total. The molecule has 0 radical (unpaired) electrons. The van der Waals surface area contributed by atoms with E-state index in [4.69, 9.17) is 21.0 Å². The van der Waals surface area contributed by atoms with Gasteiger partial charge in [0.25, 0.3) is 5.91 Å². The molecule has 0 spiro atoms. The molecule has 7 rings (SSSR count). The number of aromatic nitrogens is 2. The van der Waals surface area contributed by atoms with Crippen molar-refractivity contribution in [2.75, 3.05) is 6.26 Å². The van der Waals surface area contributed by atoms with E-state index in [-0.39, 0.29) is 28.5 Å². The Labute approximate surface area is 194 Å². The van der Waals surface area contributed by atoms with Crippen LogP contribution in [0.5, 0.6) is 0 Å². The number of carbonyl (C=O) groups is 1. The average Bonchev–Trinajstić information content (AvgIpc) is 3.14. The maximum Gasteiger partial charge on any atom is 0.289 e. The largest absolute Gasteiger partial charge is 0.434 e. The predicted molar refractivity (Wildman–Crippen MR) is 121 cm³/mol. The molecule has 1 amide bonds. The first-order chi connectivity index (χ1) is 15.1. The summed E-state index contributed by atoms with van der Waals surface area (Å²) in [5.41, 5.74) is 1.77. The Morgan fingerprint density at radius 1 is 1.19 bits per heavy atom. The van der Waals surface area contributed by atoms with E-state index in [9.17, 15) is 13.2 Å². The Bertz CT molecular complexity index is 1340. The van der Waals surface area contributed by atoms with Crippen LogP contribution in [0.25, 0.3) is 11.3 Å². The molecular weight excluding hydrogens is 470 g/mol. The van der Waals surface area contributed by atoms with Gasteiger partial charge in [0, 0.05) is 33.2 Å². The topological polar surface area (TPSA) is 102 Å². The van der Waals surface area contributed by atoms with Gasteiger partial charge < -0.3 is 9.73 Å². The third-order valence-electron chi connectivity index (χ3n) is 7.04. The van der Waals surface area contributed by atoms with Crippen molar-refractivity contribution in [2.45, 2.75) is 47.8 Å². The summed E-state index contributed by atoms with van der Waals surface area (Å²) in [5, 5.41) is 6.94. The predicted octanol–water partition coefficient (Wildman–Crippen LogP) is 4.09. The summed E-state index contributed by atoms with van der Waals surface area (Å²) in [4.78, 5) is 21.7. The number of hydrogen-bond acceptors (Lipinski definition) is 7. The van der Waals surface area contributed by atoms with E-state index in [1.54, 1.807) is 11.3 Å². The number of nitrogens with one attached hydrogen (secondary N) is 1. The van der Waals surface area contributed by atoms with Crippen LogP contribution in [0.15, 0.2) is 40.3 Å². The fourth-order valence-corrected chi connectivity index (χ4v) is 7.58. The first-order valence-electron chi connectivity index (χ1n) is 10.3. The minimum Gasteiger partial charge on any atom is -0.434 e. The number of halogens is 1. The van der Waals surface area contributed by atoms with Gasteiger partial charge in [-0.05, 0) is 44.2 Å². The minimum absolute atomic E-state index is 0.0313. The number of amides is 1. The van der Waals surface area contributed by atoms with E-state index in [1.807, 2.05) is 24.3 Å². The van der Waals surface area contributed by atoms with E-state index in [0.29, 0.717) is 17.9 Å². The number of rotatable bonds is 6. The second-order valence-electron chi connectivity index (χ2n) is 9.39. The van der Waals surface area contributed by atoms with Gasteiger partial charge in [-0.15, -0.1) is 11.3 Å². The summed E-state index contributed by atoms with van der Waals surface area (Å²) < 4.78 is 28.6. The summed E-state index contributed by atoms with van der Waals surface area (Å²) in [7, 11) is -3.34. The maximum absolute atomic E-state index is 12.7. The molecule has 0 aliphatic heterocycles.